The van der Waals surface area contributed by atoms with Crippen LogP contribution in [0.1, 0.15) is 50.1 Å². The second-order valence-corrected chi connectivity index (χ2v) is 4.01. The van der Waals surface area contributed by atoms with Gasteiger partial charge in [0.25, 0.3) is 0 Å². The number of nitrogens with one attached hydrogen (secondary N) is 1. The van der Waals surface area contributed by atoms with Crippen molar-refractivity contribution in [3.05, 3.63) is 17.9 Å². The van der Waals surface area contributed by atoms with E-state index in [0.717, 1.165) is 6.42 Å². The molecule has 4 nitrogen and oxygen atoms in total. The molecule has 0 aliphatic heterocycles. The molecule has 1 rings (SSSR count). The zero-order chi connectivity index (χ0) is 12.0. The monoisotopic (exact) mass is 225 g/mol. The first-order chi connectivity index (χ1) is 7.63. The zero-order valence-electron chi connectivity index (χ0n) is 9.82. The predicted octanol–water partition coefficient (Wildman–Crippen LogP) is 3.36. The number of carbonyl (C=O) groups is 1. The molecule has 16 heavy (non-hydrogen) atoms. The molecule has 1 aromatic rings. The number of carboxylic acid groups (broad SMARTS) is 1. The van der Waals surface area contributed by atoms with Gasteiger partial charge in [-0.3, -0.25) is 0 Å². The highest BCUT2D eigenvalue weighted by atomic mass is 16.4. The number of hydrogen-bond donors (Lipinski definition) is 2. The highest BCUT2D eigenvalue weighted by Crippen LogP contribution is 2.16. The summed E-state index contributed by atoms with van der Waals surface area (Å²) in [5.74, 6) is -0.531. The first-order valence-electron chi connectivity index (χ1n) is 5.73. The maximum absolute atomic E-state index is 10.6. The van der Waals surface area contributed by atoms with Gasteiger partial charge >= 0.3 is 5.97 Å². The molecule has 1 aromatic heterocycles. The average Bonchev–Trinajstić information content (AvgIpc) is 2.66. The summed E-state index contributed by atoms with van der Waals surface area (Å²) >= 11 is 0. The topological polar surface area (TPSA) is 62.5 Å². The minimum absolute atomic E-state index is 0.0248. The van der Waals surface area contributed by atoms with Gasteiger partial charge in [0.15, 0.2) is 5.88 Å². The number of aromatic carboxylic acids is 1. The Morgan fingerprint density at radius 3 is 2.81 bits per heavy atom. The van der Waals surface area contributed by atoms with E-state index < -0.39 is 5.97 Å². The average molecular weight is 225 g/mol. The Hall–Kier alpha value is -1.45. The molecule has 90 valence electrons. The molecule has 0 aromatic carbocycles. The van der Waals surface area contributed by atoms with Gasteiger partial charge in [0.1, 0.15) is 0 Å². The van der Waals surface area contributed by atoms with Crippen molar-refractivity contribution < 1.29 is 14.3 Å². The molecule has 1 heterocycles. The number of hydrogen-bond acceptors (Lipinski definition) is 3. The van der Waals surface area contributed by atoms with Crippen molar-refractivity contribution in [2.45, 2.75) is 45.6 Å². The lowest BCUT2D eigenvalue weighted by Gasteiger charge is -2.12. The highest BCUT2D eigenvalue weighted by Gasteiger charge is 2.10. The van der Waals surface area contributed by atoms with E-state index in [-0.39, 0.29) is 5.76 Å². The molecule has 0 fully saturated rings. The molecule has 0 saturated carbocycles. The first-order valence-corrected chi connectivity index (χ1v) is 5.73. The molecule has 0 spiro atoms. The van der Waals surface area contributed by atoms with Crippen LogP contribution in [0.25, 0.3) is 0 Å². The fourth-order valence-electron chi connectivity index (χ4n) is 1.55. The van der Waals surface area contributed by atoms with Crippen LogP contribution in [0.2, 0.25) is 0 Å². The number of rotatable bonds is 7. The van der Waals surface area contributed by atoms with Gasteiger partial charge in [0, 0.05) is 12.1 Å². The summed E-state index contributed by atoms with van der Waals surface area (Å²) in [4.78, 5) is 10.6. The molecule has 2 N–H and O–H groups in total. The Morgan fingerprint density at radius 2 is 2.25 bits per heavy atom. The largest absolute Gasteiger partial charge is 0.475 e. The summed E-state index contributed by atoms with van der Waals surface area (Å²) in [6.45, 7) is 4.24. The molecule has 0 aliphatic carbocycles. The van der Waals surface area contributed by atoms with Gasteiger partial charge < -0.3 is 14.8 Å². The molecule has 0 bridgehead atoms. The molecule has 1 atom stereocenters. The Labute approximate surface area is 95.7 Å². The van der Waals surface area contributed by atoms with E-state index in [4.69, 9.17) is 9.52 Å². The first kappa shape index (κ1) is 12.6. The highest BCUT2D eigenvalue weighted by molar-refractivity contribution is 5.84. The third-order valence-electron chi connectivity index (χ3n) is 2.45. The van der Waals surface area contributed by atoms with Crippen molar-refractivity contribution in [3.63, 3.8) is 0 Å². The van der Waals surface area contributed by atoms with Crippen molar-refractivity contribution in [2.24, 2.45) is 0 Å². The summed E-state index contributed by atoms with van der Waals surface area (Å²) < 4.78 is 5.11. The maximum Gasteiger partial charge on any atom is 0.371 e. The van der Waals surface area contributed by atoms with Crippen molar-refractivity contribution >= 4 is 11.9 Å². The van der Waals surface area contributed by atoms with Crippen LogP contribution >= 0.6 is 0 Å². The molecule has 0 radical (unpaired) electrons. The van der Waals surface area contributed by atoms with Crippen LogP contribution in [0.3, 0.4) is 0 Å². The summed E-state index contributed by atoms with van der Waals surface area (Å²) in [7, 11) is 0. The maximum atomic E-state index is 10.6. The number of carboxylic acids is 1. The van der Waals surface area contributed by atoms with Crippen molar-refractivity contribution in [3.8, 4) is 0 Å². The van der Waals surface area contributed by atoms with Gasteiger partial charge in [0.05, 0.1) is 0 Å². The predicted molar refractivity (Wildman–Crippen MR) is 62.9 cm³/mol. The smallest absolute Gasteiger partial charge is 0.371 e. The van der Waals surface area contributed by atoms with E-state index >= 15 is 0 Å². The minimum atomic E-state index is -1.04. The van der Waals surface area contributed by atoms with Gasteiger partial charge in [-0.05, 0) is 19.4 Å². The minimum Gasteiger partial charge on any atom is -0.475 e. The van der Waals surface area contributed by atoms with Gasteiger partial charge in [-0.1, -0.05) is 26.2 Å². The Balaban J connectivity index is 2.37. The molecule has 1 unspecified atom stereocenters. The second kappa shape index (κ2) is 6.20. The van der Waals surface area contributed by atoms with Crippen molar-refractivity contribution in [1.29, 1.82) is 0 Å². The lowest BCUT2D eigenvalue weighted by molar-refractivity contribution is 0.0663. The molecule has 4 heteroatoms. The SMILES string of the molecule is CCCCCC(C)Nc1ccc(C(=O)O)o1. The van der Waals surface area contributed by atoms with Crippen LogP contribution in [0, 0.1) is 0 Å². The van der Waals surface area contributed by atoms with Crippen LogP contribution in [0.4, 0.5) is 5.88 Å². The van der Waals surface area contributed by atoms with E-state index in [9.17, 15) is 4.79 Å². The summed E-state index contributed by atoms with van der Waals surface area (Å²) in [6, 6.07) is 3.42. The van der Waals surface area contributed by atoms with Crippen LogP contribution in [0.5, 0.6) is 0 Å². The van der Waals surface area contributed by atoms with Crippen LogP contribution < -0.4 is 5.32 Å². The van der Waals surface area contributed by atoms with Gasteiger partial charge in [-0.25, -0.2) is 4.79 Å². The number of anilines is 1. The van der Waals surface area contributed by atoms with E-state index in [1.807, 2.05) is 0 Å². The number of furan rings is 1. The van der Waals surface area contributed by atoms with Crippen molar-refractivity contribution in [2.75, 3.05) is 5.32 Å². The molecular formula is C12H19NO3. The van der Waals surface area contributed by atoms with Crippen LogP contribution in [-0.4, -0.2) is 17.1 Å². The Bertz CT molecular complexity index is 333. The lowest BCUT2D eigenvalue weighted by Crippen LogP contribution is -2.14. The van der Waals surface area contributed by atoms with Gasteiger partial charge in [0.2, 0.25) is 5.76 Å². The lowest BCUT2D eigenvalue weighted by atomic mass is 10.1. The quantitative estimate of drug-likeness (QED) is 0.698. The van der Waals surface area contributed by atoms with Crippen LogP contribution in [0.15, 0.2) is 16.5 Å². The summed E-state index contributed by atoms with van der Waals surface area (Å²) in [5, 5.41) is 11.8. The fourth-order valence-corrected chi connectivity index (χ4v) is 1.55. The zero-order valence-corrected chi connectivity index (χ0v) is 9.82. The molecule has 0 saturated heterocycles. The fraction of sp³-hybridized carbons (Fsp3) is 0.583. The normalized spacial score (nSPS) is 12.4. The summed E-state index contributed by atoms with van der Waals surface area (Å²) in [5.41, 5.74) is 0. The third kappa shape index (κ3) is 3.96. The third-order valence-corrected chi connectivity index (χ3v) is 2.45. The van der Waals surface area contributed by atoms with Gasteiger partial charge in [-0.2, -0.15) is 0 Å². The van der Waals surface area contributed by atoms with Crippen molar-refractivity contribution in [1.82, 2.24) is 0 Å². The van der Waals surface area contributed by atoms with E-state index in [2.05, 4.69) is 19.2 Å². The standard InChI is InChI=1S/C12H19NO3/c1-3-4-5-6-9(2)13-11-8-7-10(16-11)12(14)15/h7-9,13H,3-6H2,1-2H3,(H,14,15). The van der Waals surface area contributed by atoms with E-state index in [1.165, 1.54) is 25.3 Å². The van der Waals surface area contributed by atoms with E-state index in [0.29, 0.717) is 11.9 Å². The molecule has 0 aliphatic rings. The summed E-state index contributed by atoms with van der Waals surface area (Å²) in [6.07, 6.45) is 4.68. The van der Waals surface area contributed by atoms with E-state index in [1.54, 1.807) is 6.07 Å². The van der Waals surface area contributed by atoms with Gasteiger partial charge in [-0.15, -0.1) is 0 Å². The number of unbranched alkanes of at least 4 members (excludes halogenated alkanes) is 2. The molecular weight excluding hydrogens is 206 g/mol. The Morgan fingerprint density at radius 1 is 1.50 bits per heavy atom. The Kier molecular flexibility index (Phi) is 4.89. The second-order valence-electron chi connectivity index (χ2n) is 4.01. The van der Waals surface area contributed by atoms with Crippen LogP contribution in [-0.2, 0) is 0 Å². The molecule has 0 amide bonds.